The van der Waals surface area contributed by atoms with E-state index < -0.39 is 39.8 Å². The fourth-order valence-corrected chi connectivity index (χ4v) is 6.12. The molecule has 3 rings (SSSR count). The van der Waals surface area contributed by atoms with Crippen molar-refractivity contribution in [3.05, 3.63) is 63.9 Å². The van der Waals surface area contributed by atoms with Gasteiger partial charge >= 0.3 is 5.97 Å². The Labute approximate surface area is 195 Å². The lowest BCUT2D eigenvalue weighted by atomic mass is 10.0. The zero-order valence-electron chi connectivity index (χ0n) is 17.0. The number of carbonyl (C=O) groups excluding carboxylic acids is 1. The van der Waals surface area contributed by atoms with Crippen LogP contribution in [-0.4, -0.2) is 48.3 Å². The fraction of sp³-hybridized carbons (Fsp3) is 0.333. The molecule has 11 heteroatoms. The lowest BCUT2D eigenvalue weighted by molar-refractivity contribution is -0.142. The van der Waals surface area contributed by atoms with Crippen LogP contribution in [0.5, 0.6) is 0 Å². The number of benzene rings is 2. The predicted molar refractivity (Wildman–Crippen MR) is 118 cm³/mol. The van der Waals surface area contributed by atoms with Crippen LogP contribution >= 0.6 is 23.2 Å². The van der Waals surface area contributed by atoms with Crippen molar-refractivity contribution in [1.29, 1.82) is 0 Å². The summed E-state index contributed by atoms with van der Waals surface area (Å²) < 4.78 is 40.6. The molecule has 1 heterocycles. The van der Waals surface area contributed by atoms with Crippen LogP contribution in [0.1, 0.15) is 18.9 Å². The lowest BCUT2D eigenvalue weighted by Gasteiger charge is -2.27. The largest absolute Gasteiger partial charge is 0.480 e. The molecule has 0 radical (unpaired) electrons. The van der Waals surface area contributed by atoms with Crippen molar-refractivity contribution < 1.29 is 27.5 Å². The Bertz CT molecular complexity index is 1110. The number of halogens is 3. The SMILES string of the molecule is C[C@@H]1CCN(S(=O)(=O)c2cc(Cl)cc(Cl)c2)[C@@H]1C(=O)N[C@@H](Cc1ccc(F)cc1)C(=O)O. The number of aliphatic carboxylic acids is 1. The zero-order chi connectivity index (χ0) is 23.6. The van der Waals surface area contributed by atoms with Crippen molar-refractivity contribution in [2.45, 2.75) is 36.7 Å². The van der Waals surface area contributed by atoms with Crippen LogP contribution in [0.2, 0.25) is 10.0 Å². The molecule has 0 bridgehead atoms. The number of amides is 1. The molecule has 0 unspecified atom stereocenters. The number of sulfonamides is 1. The van der Waals surface area contributed by atoms with Gasteiger partial charge in [-0.05, 0) is 48.2 Å². The van der Waals surface area contributed by atoms with E-state index in [0.717, 1.165) is 4.31 Å². The molecule has 7 nitrogen and oxygen atoms in total. The molecular weight excluding hydrogens is 482 g/mol. The quantitative estimate of drug-likeness (QED) is 0.604. The number of hydrogen-bond donors (Lipinski definition) is 2. The van der Waals surface area contributed by atoms with Crippen molar-refractivity contribution in [2.75, 3.05) is 6.54 Å². The standard InChI is InChI=1S/C21H21Cl2FN2O5S/c1-12-6-7-26(32(30,31)17-10-14(22)9-15(23)11-17)19(12)20(27)25-18(21(28)29)8-13-2-4-16(24)5-3-13/h2-5,9-12,18-19H,6-8H2,1H3,(H,25,27)(H,28,29)/t12-,18+,19+/m1/s1. The highest BCUT2D eigenvalue weighted by Crippen LogP contribution is 2.32. The van der Waals surface area contributed by atoms with E-state index in [9.17, 15) is 27.5 Å². The topological polar surface area (TPSA) is 104 Å². The summed E-state index contributed by atoms with van der Waals surface area (Å²) in [6.45, 7) is 1.81. The first kappa shape index (κ1) is 24.4. The summed E-state index contributed by atoms with van der Waals surface area (Å²) in [4.78, 5) is 24.6. The Morgan fingerprint density at radius 2 is 1.78 bits per heavy atom. The van der Waals surface area contributed by atoms with Gasteiger partial charge < -0.3 is 10.4 Å². The lowest BCUT2D eigenvalue weighted by Crippen LogP contribution is -2.53. The molecular formula is C21H21Cl2FN2O5S. The van der Waals surface area contributed by atoms with Gasteiger partial charge in [0.1, 0.15) is 17.9 Å². The van der Waals surface area contributed by atoms with Crippen LogP contribution in [0.4, 0.5) is 4.39 Å². The number of nitrogens with one attached hydrogen (secondary N) is 1. The van der Waals surface area contributed by atoms with Crippen LogP contribution in [0.15, 0.2) is 47.4 Å². The maximum absolute atomic E-state index is 13.2. The van der Waals surface area contributed by atoms with E-state index in [2.05, 4.69) is 5.32 Å². The predicted octanol–water partition coefficient (Wildman–Crippen LogP) is 3.34. The second-order valence-corrected chi connectivity index (χ2v) is 10.4. The van der Waals surface area contributed by atoms with Gasteiger partial charge in [-0.15, -0.1) is 0 Å². The van der Waals surface area contributed by atoms with Crippen LogP contribution in [0.3, 0.4) is 0 Å². The smallest absolute Gasteiger partial charge is 0.326 e. The van der Waals surface area contributed by atoms with Gasteiger partial charge in [-0.2, -0.15) is 4.31 Å². The maximum atomic E-state index is 13.2. The molecule has 1 aliphatic heterocycles. The molecule has 0 aromatic heterocycles. The van der Waals surface area contributed by atoms with Crippen molar-refractivity contribution in [3.63, 3.8) is 0 Å². The monoisotopic (exact) mass is 502 g/mol. The van der Waals surface area contributed by atoms with Crippen molar-refractivity contribution >= 4 is 45.1 Å². The molecule has 0 saturated carbocycles. The third-order valence-corrected chi connectivity index (χ3v) is 7.63. The Morgan fingerprint density at radius 3 is 2.34 bits per heavy atom. The van der Waals surface area contributed by atoms with Gasteiger partial charge in [-0.3, -0.25) is 4.79 Å². The van der Waals surface area contributed by atoms with E-state index in [1.54, 1.807) is 6.92 Å². The van der Waals surface area contributed by atoms with Gasteiger partial charge in [0, 0.05) is 23.0 Å². The van der Waals surface area contributed by atoms with E-state index in [4.69, 9.17) is 23.2 Å². The summed E-state index contributed by atoms with van der Waals surface area (Å²) >= 11 is 11.9. The van der Waals surface area contributed by atoms with Gasteiger partial charge in [0.15, 0.2) is 0 Å². The van der Waals surface area contributed by atoms with Crippen LogP contribution in [-0.2, 0) is 26.0 Å². The van der Waals surface area contributed by atoms with Crippen LogP contribution < -0.4 is 5.32 Å². The molecule has 1 fully saturated rings. The number of carbonyl (C=O) groups is 2. The van der Waals surface area contributed by atoms with Gasteiger partial charge in [-0.25, -0.2) is 17.6 Å². The summed E-state index contributed by atoms with van der Waals surface area (Å²) in [7, 11) is -4.12. The molecule has 1 aliphatic rings. The number of hydrogen-bond acceptors (Lipinski definition) is 4. The second kappa shape index (κ2) is 9.74. The minimum Gasteiger partial charge on any atom is -0.480 e. The van der Waals surface area contributed by atoms with Gasteiger partial charge in [0.25, 0.3) is 0 Å². The number of nitrogens with zero attached hydrogens (tertiary/aromatic N) is 1. The zero-order valence-corrected chi connectivity index (χ0v) is 19.3. The molecule has 0 aliphatic carbocycles. The summed E-state index contributed by atoms with van der Waals surface area (Å²) in [5, 5.41) is 12.3. The Hall–Kier alpha value is -2.20. The van der Waals surface area contributed by atoms with Crippen molar-refractivity contribution in [3.8, 4) is 0 Å². The molecule has 2 N–H and O–H groups in total. The van der Waals surface area contributed by atoms with Gasteiger partial charge in [-0.1, -0.05) is 42.3 Å². The molecule has 2 aromatic rings. The normalized spacial score (nSPS) is 20.1. The van der Waals surface area contributed by atoms with Gasteiger partial charge in [0.2, 0.25) is 15.9 Å². The molecule has 1 saturated heterocycles. The fourth-order valence-electron chi connectivity index (χ4n) is 3.70. The number of rotatable bonds is 7. The third kappa shape index (κ3) is 5.40. The third-order valence-electron chi connectivity index (χ3n) is 5.33. The second-order valence-electron chi connectivity index (χ2n) is 7.66. The molecule has 2 aromatic carbocycles. The summed E-state index contributed by atoms with van der Waals surface area (Å²) in [5.41, 5.74) is 0.511. The number of carboxylic acid groups (broad SMARTS) is 1. The van der Waals surface area contributed by atoms with Crippen LogP contribution in [0.25, 0.3) is 0 Å². The van der Waals surface area contributed by atoms with E-state index in [-0.39, 0.29) is 33.8 Å². The Balaban J connectivity index is 1.84. The highest BCUT2D eigenvalue weighted by atomic mass is 35.5. The molecule has 3 atom stereocenters. The van der Waals surface area contributed by atoms with Crippen molar-refractivity contribution in [1.82, 2.24) is 9.62 Å². The Kier molecular flexibility index (Phi) is 7.44. The first-order valence-corrected chi connectivity index (χ1v) is 11.9. The van der Waals surface area contributed by atoms with E-state index in [0.29, 0.717) is 12.0 Å². The van der Waals surface area contributed by atoms with E-state index >= 15 is 0 Å². The first-order chi connectivity index (χ1) is 15.0. The molecule has 0 spiro atoms. The average Bonchev–Trinajstić information content (AvgIpc) is 3.10. The maximum Gasteiger partial charge on any atom is 0.326 e. The summed E-state index contributed by atoms with van der Waals surface area (Å²) in [6.07, 6.45) is 0.334. The molecule has 1 amide bonds. The highest BCUT2D eigenvalue weighted by molar-refractivity contribution is 7.89. The molecule has 172 valence electrons. The van der Waals surface area contributed by atoms with E-state index in [1.165, 1.54) is 42.5 Å². The highest BCUT2D eigenvalue weighted by Gasteiger charge is 2.44. The minimum atomic E-state index is -4.12. The first-order valence-electron chi connectivity index (χ1n) is 9.74. The van der Waals surface area contributed by atoms with Crippen molar-refractivity contribution in [2.24, 2.45) is 5.92 Å². The summed E-state index contributed by atoms with van der Waals surface area (Å²) in [6, 6.07) is 6.71. The molecule has 32 heavy (non-hydrogen) atoms. The van der Waals surface area contributed by atoms with Gasteiger partial charge in [0.05, 0.1) is 4.90 Å². The number of carboxylic acids is 1. The van der Waals surface area contributed by atoms with E-state index in [1.807, 2.05) is 0 Å². The minimum absolute atomic E-state index is 0.0842. The average molecular weight is 503 g/mol. The Morgan fingerprint density at radius 1 is 1.19 bits per heavy atom. The summed E-state index contributed by atoms with van der Waals surface area (Å²) in [5.74, 6) is -2.82. The van der Waals surface area contributed by atoms with Crippen LogP contribution in [0, 0.1) is 11.7 Å².